The second-order valence-corrected chi connectivity index (χ2v) is 13.4. The molecule has 2 aliphatic heterocycles. The highest BCUT2D eigenvalue weighted by Crippen LogP contribution is 2.15. The molecule has 0 saturated carbocycles. The molecule has 2 rings (SSSR count). The molecule has 0 radical (unpaired) electrons. The predicted molar refractivity (Wildman–Crippen MR) is 182 cm³/mol. The van der Waals surface area contributed by atoms with Crippen molar-refractivity contribution in [2.45, 2.75) is 180 Å². The summed E-state index contributed by atoms with van der Waals surface area (Å²) in [6, 6.07) is 0. The highest BCUT2D eigenvalue weighted by molar-refractivity contribution is 5.76. The molecule has 43 heavy (non-hydrogen) atoms. The molecular weight excluding hydrogens is 534 g/mol. The smallest absolute Gasteiger partial charge is 0.220 e. The maximum atomic E-state index is 12.5. The molecule has 0 aliphatic carbocycles. The molecule has 0 aromatic carbocycles. The molecule has 252 valence electrons. The third kappa shape index (κ3) is 22.0. The van der Waals surface area contributed by atoms with Crippen LogP contribution in [0.2, 0.25) is 0 Å². The summed E-state index contributed by atoms with van der Waals surface area (Å²) in [7, 11) is 0. The molecule has 0 bridgehead atoms. The van der Waals surface area contributed by atoms with Gasteiger partial charge < -0.3 is 10.6 Å². The maximum Gasteiger partial charge on any atom is 0.220 e. The lowest BCUT2D eigenvalue weighted by atomic mass is 10.1. The normalized spacial score (nSPS) is 16.2. The zero-order valence-electron chi connectivity index (χ0n) is 28.6. The van der Waals surface area contributed by atoms with Crippen LogP contribution >= 0.6 is 0 Å². The van der Waals surface area contributed by atoms with Crippen molar-refractivity contribution < 1.29 is 9.59 Å². The van der Waals surface area contributed by atoms with Gasteiger partial charge in [-0.3, -0.25) is 24.7 Å². The molecule has 7 heteroatoms. The third-order valence-corrected chi connectivity index (χ3v) is 9.23. The summed E-state index contributed by atoms with van der Waals surface area (Å²) < 4.78 is 0. The van der Waals surface area contributed by atoms with Crippen molar-refractivity contribution in [3.05, 3.63) is 0 Å². The monoisotopic (exact) mass is 606 g/mol. The van der Waals surface area contributed by atoms with E-state index in [2.05, 4.69) is 39.6 Å². The fraction of sp³-hybridized carbons (Fsp3) is 0.944. The number of hydrogen-bond acceptors (Lipinski definition) is 5. The van der Waals surface area contributed by atoms with Gasteiger partial charge in [-0.15, -0.1) is 0 Å². The van der Waals surface area contributed by atoms with Gasteiger partial charge in [0, 0.05) is 52.1 Å². The highest BCUT2D eigenvalue weighted by Gasteiger charge is 2.34. The van der Waals surface area contributed by atoms with E-state index in [1.807, 2.05) is 0 Å². The lowest BCUT2D eigenvalue weighted by Gasteiger charge is -2.28. The molecule has 3 N–H and O–H groups in total. The second-order valence-electron chi connectivity index (χ2n) is 13.4. The minimum Gasteiger partial charge on any atom is -0.353 e. The number of rotatable bonds is 32. The number of amides is 2. The zero-order valence-corrected chi connectivity index (χ0v) is 28.6. The van der Waals surface area contributed by atoms with Crippen molar-refractivity contribution in [1.82, 2.24) is 25.8 Å². The van der Waals surface area contributed by atoms with Crippen LogP contribution in [0.25, 0.3) is 0 Å². The average Bonchev–Trinajstić information content (AvgIpc) is 3.92. The SMILES string of the molecule is CCCCCCCCCCCCCC(=O)NCC(NC(CNC(=O)CCCCCCCCCCCCC)N1CC1)N1CC1. The van der Waals surface area contributed by atoms with Gasteiger partial charge in [0.1, 0.15) is 0 Å². The van der Waals surface area contributed by atoms with Crippen LogP contribution < -0.4 is 16.0 Å². The van der Waals surface area contributed by atoms with Crippen LogP contribution in [-0.4, -0.2) is 73.2 Å². The summed E-state index contributed by atoms with van der Waals surface area (Å²) in [6.07, 6.45) is 30.2. The Labute approximate surface area is 266 Å². The fourth-order valence-corrected chi connectivity index (χ4v) is 6.05. The van der Waals surface area contributed by atoms with E-state index in [-0.39, 0.29) is 24.1 Å². The maximum absolute atomic E-state index is 12.5. The average molecular weight is 606 g/mol. The van der Waals surface area contributed by atoms with E-state index in [1.165, 1.54) is 116 Å². The molecule has 2 saturated heterocycles. The van der Waals surface area contributed by atoms with E-state index in [0.29, 0.717) is 25.9 Å². The van der Waals surface area contributed by atoms with Crippen molar-refractivity contribution in [3.63, 3.8) is 0 Å². The number of hydrogen-bond donors (Lipinski definition) is 3. The van der Waals surface area contributed by atoms with E-state index < -0.39 is 0 Å². The van der Waals surface area contributed by atoms with Gasteiger partial charge in [0.25, 0.3) is 0 Å². The van der Waals surface area contributed by atoms with E-state index in [4.69, 9.17) is 0 Å². The largest absolute Gasteiger partial charge is 0.353 e. The van der Waals surface area contributed by atoms with Gasteiger partial charge in [-0.1, -0.05) is 142 Å². The lowest BCUT2D eigenvalue weighted by molar-refractivity contribution is -0.122. The zero-order chi connectivity index (χ0) is 30.8. The molecule has 2 aliphatic rings. The molecule has 0 spiro atoms. The van der Waals surface area contributed by atoms with Crippen molar-refractivity contribution in [2.75, 3.05) is 39.3 Å². The number of carbonyl (C=O) groups excluding carboxylic acids is 2. The van der Waals surface area contributed by atoms with Crippen LogP contribution in [0.5, 0.6) is 0 Å². The minimum atomic E-state index is 0.135. The molecule has 0 aromatic rings. The van der Waals surface area contributed by atoms with Gasteiger partial charge in [0.2, 0.25) is 11.8 Å². The molecule has 7 nitrogen and oxygen atoms in total. The van der Waals surface area contributed by atoms with E-state index >= 15 is 0 Å². The summed E-state index contributed by atoms with van der Waals surface area (Å²) in [6.45, 7) is 10.1. The molecule has 2 amide bonds. The van der Waals surface area contributed by atoms with Crippen molar-refractivity contribution >= 4 is 11.8 Å². The Morgan fingerprint density at radius 3 is 1.02 bits per heavy atom. The molecule has 2 unspecified atom stereocenters. The Morgan fingerprint density at radius 1 is 0.465 bits per heavy atom. The van der Waals surface area contributed by atoms with Crippen LogP contribution in [0.15, 0.2) is 0 Å². The summed E-state index contributed by atoms with van der Waals surface area (Å²) in [5.74, 6) is 0.348. The Bertz CT molecular complexity index is 627. The molecule has 2 heterocycles. The topological polar surface area (TPSA) is 76.3 Å². The Hall–Kier alpha value is -1.18. The number of carbonyl (C=O) groups is 2. The van der Waals surface area contributed by atoms with E-state index in [0.717, 1.165) is 51.9 Å². The first-order valence-electron chi connectivity index (χ1n) is 18.9. The minimum absolute atomic E-state index is 0.135. The fourth-order valence-electron chi connectivity index (χ4n) is 6.05. The van der Waals surface area contributed by atoms with Crippen LogP contribution in [0, 0.1) is 0 Å². The first-order chi connectivity index (χ1) is 21.1. The third-order valence-electron chi connectivity index (χ3n) is 9.23. The lowest BCUT2D eigenvalue weighted by Crippen LogP contribution is -2.55. The highest BCUT2D eigenvalue weighted by atomic mass is 16.2. The van der Waals surface area contributed by atoms with Gasteiger partial charge in [-0.25, -0.2) is 0 Å². The van der Waals surface area contributed by atoms with Crippen LogP contribution in [-0.2, 0) is 9.59 Å². The Morgan fingerprint density at radius 2 is 0.744 bits per heavy atom. The first-order valence-corrected chi connectivity index (χ1v) is 18.9. The van der Waals surface area contributed by atoms with E-state index in [1.54, 1.807) is 0 Å². The van der Waals surface area contributed by atoms with Crippen molar-refractivity contribution in [2.24, 2.45) is 0 Å². The second kappa shape index (κ2) is 26.1. The van der Waals surface area contributed by atoms with E-state index in [9.17, 15) is 9.59 Å². The summed E-state index contributed by atoms with van der Waals surface area (Å²) in [5, 5.41) is 10.1. The van der Waals surface area contributed by atoms with Crippen LogP contribution in [0.4, 0.5) is 0 Å². The van der Waals surface area contributed by atoms with Crippen LogP contribution in [0.3, 0.4) is 0 Å². The van der Waals surface area contributed by atoms with Gasteiger partial charge >= 0.3 is 0 Å². The van der Waals surface area contributed by atoms with Gasteiger partial charge in [0.05, 0.1) is 12.3 Å². The number of unbranched alkanes of at least 4 members (excludes halogenated alkanes) is 20. The predicted octanol–water partition coefficient (Wildman–Crippen LogP) is 7.49. The number of nitrogens with one attached hydrogen (secondary N) is 3. The van der Waals surface area contributed by atoms with Crippen molar-refractivity contribution in [3.8, 4) is 0 Å². The first kappa shape index (κ1) is 38.0. The van der Waals surface area contributed by atoms with Gasteiger partial charge in [0.15, 0.2) is 0 Å². The quantitative estimate of drug-likeness (QED) is 0.0547. The standard InChI is InChI=1S/C36H71N5O2/c1-3-5-7-9-11-13-15-17-19-21-23-25-35(42)37-31-33(40-27-28-40)39-34(41-29-30-41)32-38-36(43)26-24-22-20-18-16-14-12-10-8-6-4-2/h33-34,39H,3-32H2,1-2H3,(H,37,42)(H,38,43). The number of nitrogens with zero attached hydrogens (tertiary/aromatic N) is 2. The Balaban J connectivity index is 1.48. The molecular formula is C36H71N5O2. The molecule has 2 atom stereocenters. The summed E-state index contributed by atoms with van der Waals surface area (Å²) >= 11 is 0. The Kier molecular flexibility index (Phi) is 23.0. The molecule has 0 aromatic heterocycles. The molecule has 2 fully saturated rings. The van der Waals surface area contributed by atoms with Crippen LogP contribution in [0.1, 0.15) is 168 Å². The van der Waals surface area contributed by atoms with Gasteiger partial charge in [-0.05, 0) is 12.8 Å². The van der Waals surface area contributed by atoms with Crippen molar-refractivity contribution in [1.29, 1.82) is 0 Å². The summed E-state index contributed by atoms with van der Waals surface area (Å²) in [4.78, 5) is 29.8. The summed E-state index contributed by atoms with van der Waals surface area (Å²) in [5.41, 5.74) is 0. The van der Waals surface area contributed by atoms with Gasteiger partial charge in [-0.2, -0.15) is 0 Å².